The minimum absolute atomic E-state index is 0.112. The smallest absolute Gasteiger partial charge is 0.310 e. The van der Waals surface area contributed by atoms with Crippen molar-refractivity contribution < 1.29 is 21.6 Å². The van der Waals surface area contributed by atoms with Gasteiger partial charge in [-0.15, -0.1) is 0 Å². The van der Waals surface area contributed by atoms with Crippen molar-refractivity contribution in [3.63, 3.8) is 0 Å². The molecule has 1 aliphatic rings. The third-order valence-corrected chi connectivity index (χ3v) is 4.07. The Morgan fingerprint density at radius 3 is 2.33 bits per heavy atom. The first-order valence-electron chi connectivity index (χ1n) is 5.34. The second-order valence-electron chi connectivity index (χ2n) is 4.31. The Balaban J connectivity index is 2.55. The summed E-state index contributed by atoms with van der Waals surface area (Å²) in [6.45, 7) is 0.676. The maximum absolute atomic E-state index is 12.9. The average Bonchev–Trinajstić information content (AvgIpc) is 2.11. The Labute approximate surface area is 103 Å². The largest absolute Gasteiger partial charge is 0.416 e. The fourth-order valence-electron chi connectivity index (χ4n) is 1.87. The van der Waals surface area contributed by atoms with E-state index in [9.17, 15) is 21.6 Å². The van der Waals surface area contributed by atoms with Gasteiger partial charge in [0.05, 0.1) is 10.5 Å². The number of halogens is 3. The Hall–Kier alpha value is -1.08. The summed E-state index contributed by atoms with van der Waals surface area (Å²) in [5.74, 6) is 0. The zero-order valence-electron chi connectivity index (χ0n) is 9.58. The summed E-state index contributed by atoms with van der Waals surface area (Å²) in [6.07, 6.45) is -3.03. The minimum Gasteiger partial charge on any atom is -0.310 e. The molecular weight excluding hydrogens is 267 g/mol. The molecule has 0 radical (unpaired) electrons. The van der Waals surface area contributed by atoms with Gasteiger partial charge in [-0.05, 0) is 30.7 Å². The Kier molecular flexibility index (Phi) is 3.14. The summed E-state index contributed by atoms with van der Waals surface area (Å²) in [5, 5.41) is 2.88. The first kappa shape index (κ1) is 13.4. The van der Waals surface area contributed by atoms with Crippen LogP contribution in [0, 0.1) is 0 Å². The van der Waals surface area contributed by atoms with E-state index in [0.717, 1.165) is 6.26 Å². The van der Waals surface area contributed by atoms with Gasteiger partial charge in [0, 0.05) is 12.3 Å². The molecule has 1 aliphatic heterocycles. The van der Waals surface area contributed by atoms with Gasteiger partial charge in [0.2, 0.25) is 0 Å². The van der Waals surface area contributed by atoms with Crippen LogP contribution < -0.4 is 5.32 Å². The molecule has 0 saturated carbocycles. The van der Waals surface area contributed by atoms with E-state index in [4.69, 9.17) is 0 Å². The van der Waals surface area contributed by atoms with Gasteiger partial charge in [-0.25, -0.2) is 8.42 Å². The second-order valence-corrected chi connectivity index (χ2v) is 6.33. The summed E-state index contributed by atoms with van der Waals surface area (Å²) >= 11 is 0. The molecule has 3 nitrogen and oxygen atoms in total. The standard InChI is InChI=1S/C11H12F3NO2S/c1-18(16,17)7-2-3-8(10-4-5-15-10)9(6-7)11(12,13)14/h2-3,6,10,15H,4-5H2,1H3. The van der Waals surface area contributed by atoms with E-state index in [1.807, 2.05) is 0 Å². The van der Waals surface area contributed by atoms with E-state index in [0.29, 0.717) is 19.0 Å². The molecule has 1 fully saturated rings. The number of rotatable bonds is 2. The summed E-state index contributed by atoms with van der Waals surface area (Å²) in [7, 11) is -3.64. The van der Waals surface area contributed by atoms with Crippen molar-refractivity contribution >= 4 is 9.84 Å². The molecule has 0 aromatic heterocycles. The number of nitrogens with one attached hydrogen (secondary N) is 1. The van der Waals surface area contributed by atoms with E-state index < -0.39 is 21.6 Å². The quantitative estimate of drug-likeness (QED) is 0.902. The molecule has 100 valence electrons. The van der Waals surface area contributed by atoms with Crippen LogP contribution >= 0.6 is 0 Å². The van der Waals surface area contributed by atoms with Crippen LogP contribution in [0.2, 0.25) is 0 Å². The van der Waals surface area contributed by atoms with Crippen LogP contribution in [-0.4, -0.2) is 21.2 Å². The van der Waals surface area contributed by atoms with Crippen LogP contribution in [0.3, 0.4) is 0 Å². The fraction of sp³-hybridized carbons (Fsp3) is 0.455. The van der Waals surface area contributed by atoms with Crippen molar-refractivity contribution in [1.29, 1.82) is 0 Å². The second kappa shape index (κ2) is 4.24. The van der Waals surface area contributed by atoms with Gasteiger partial charge >= 0.3 is 6.18 Å². The van der Waals surface area contributed by atoms with E-state index in [1.165, 1.54) is 12.1 Å². The van der Waals surface area contributed by atoms with Gasteiger partial charge in [0.1, 0.15) is 0 Å². The van der Waals surface area contributed by atoms with Crippen molar-refractivity contribution in [2.45, 2.75) is 23.5 Å². The van der Waals surface area contributed by atoms with Crippen LogP contribution in [-0.2, 0) is 16.0 Å². The Morgan fingerprint density at radius 1 is 1.33 bits per heavy atom. The third-order valence-electron chi connectivity index (χ3n) is 2.96. The van der Waals surface area contributed by atoms with Gasteiger partial charge < -0.3 is 5.32 Å². The monoisotopic (exact) mass is 279 g/mol. The molecule has 0 amide bonds. The van der Waals surface area contributed by atoms with Crippen LogP contribution in [0.4, 0.5) is 13.2 Å². The first-order chi connectivity index (χ1) is 8.19. The number of sulfone groups is 1. The molecule has 0 spiro atoms. The summed E-state index contributed by atoms with van der Waals surface area (Å²) in [4.78, 5) is -0.308. The SMILES string of the molecule is CS(=O)(=O)c1ccc(C2CCN2)c(C(F)(F)F)c1. The molecule has 1 saturated heterocycles. The molecule has 18 heavy (non-hydrogen) atoms. The predicted octanol–water partition coefficient (Wildman–Crippen LogP) is 2.14. The lowest BCUT2D eigenvalue weighted by Crippen LogP contribution is -2.36. The van der Waals surface area contributed by atoms with Gasteiger partial charge in [0.15, 0.2) is 9.84 Å². The molecular formula is C11H12F3NO2S. The van der Waals surface area contributed by atoms with Crippen molar-refractivity contribution in [3.05, 3.63) is 29.3 Å². The topological polar surface area (TPSA) is 46.2 Å². The van der Waals surface area contributed by atoms with Gasteiger partial charge in [-0.2, -0.15) is 13.2 Å². The predicted molar refractivity (Wildman–Crippen MR) is 59.9 cm³/mol. The van der Waals surface area contributed by atoms with Crippen LogP contribution in [0.5, 0.6) is 0 Å². The van der Waals surface area contributed by atoms with Crippen molar-refractivity contribution in [1.82, 2.24) is 5.32 Å². The molecule has 1 aromatic rings. The lowest BCUT2D eigenvalue weighted by molar-refractivity contribution is -0.138. The number of benzene rings is 1. The van der Waals surface area contributed by atoms with Crippen molar-refractivity contribution in [3.8, 4) is 0 Å². The molecule has 1 atom stereocenters. The van der Waals surface area contributed by atoms with E-state index in [-0.39, 0.29) is 16.5 Å². The molecule has 1 aromatic carbocycles. The first-order valence-corrected chi connectivity index (χ1v) is 7.23. The summed E-state index contributed by atoms with van der Waals surface area (Å²) in [6, 6.07) is 2.84. The molecule has 0 bridgehead atoms. The summed E-state index contributed by atoms with van der Waals surface area (Å²) in [5.41, 5.74) is -0.760. The molecule has 1 heterocycles. The minimum atomic E-state index is -4.55. The lowest BCUT2D eigenvalue weighted by atomic mass is 9.93. The van der Waals surface area contributed by atoms with Gasteiger partial charge in [0.25, 0.3) is 0 Å². The van der Waals surface area contributed by atoms with Gasteiger partial charge in [-0.1, -0.05) is 6.07 Å². The molecule has 2 rings (SSSR count). The maximum atomic E-state index is 12.9. The van der Waals surface area contributed by atoms with Crippen LogP contribution in [0.15, 0.2) is 23.1 Å². The van der Waals surface area contributed by atoms with Gasteiger partial charge in [-0.3, -0.25) is 0 Å². The van der Waals surface area contributed by atoms with E-state index in [2.05, 4.69) is 5.32 Å². The lowest BCUT2D eigenvalue weighted by Gasteiger charge is -2.30. The summed E-state index contributed by atoms with van der Waals surface area (Å²) < 4.78 is 61.3. The molecule has 1 N–H and O–H groups in total. The number of hydrogen-bond donors (Lipinski definition) is 1. The average molecular weight is 279 g/mol. The normalized spacial score (nSPS) is 20.6. The molecule has 0 aliphatic carbocycles. The zero-order valence-corrected chi connectivity index (χ0v) is 10.4. The molecule has 1 unspecified atom stereocenters. The van der Waals surface area contributed by atoms with E-state index in [1.54, 1.807) is 0 Å². The highest BCUT2D eigenvalue weighted by atomic mass is 32.2. The highest BCUT2D eigenvalue weighted by molar-refractivity contribution is 7.90. The Morgan fingerprint density at radius 2 is 1.94 bits per heavy atom. The van der Waals surface area contributed by atoms with Crippen molar-refractivity contribution in [2.24, 2.45) is 0 Å². The Bertz CT molecular complexity index is 562. The van der Waals surface area contributed by atoms with Crippen LogP contribution in [0.25, 0.3) is 0 Å². The van der Waals surface area contributed by atoms with Crippen molar-refractivity contribution in [2.75, 3.05) is 12.8 Å². The maximum Gasteiger partial charge on any atom is 0.416 e. The number of hydrogen-bond acceptors (Lipinski definition) is 3. The molecule has 7 heteroatoms. The van der Waals surface area contributed by atoms with Crippen LogP contribution in [0.1, 0.15) is 23.6 Å². The van der Waals surface area contributed by atoms with E-state index >= 15 is 0 Å². The number of alkyl halides is 3. The zero-order chi connectivity index (χ0) is 13.6. The fourth-order valence-corrected chi connectivity index (χ4v) is 2.52. The highest BCUT2D eigenvalue weighted by Gasteiger charge is 2.37. The highest BCUT2D eigenvalue weighted by Crippen LogP contribution is 2.38. The third kappa shape index (κ3) is 2.51.